The number of rotatable bonds is 3. The summed E-state index contributed by atoms with van der Waals surface area (Å²) in [4.78, 5) is 2.66. The second-order valence-corrected chi connectivity index (χ2v) is 6.52. The lowest BCUT2D eigenvalue weighted by atomic mass is 9.82. The third-order valence-electron chi connectivity index (χ3n) is 5.12. The normalized spacial score (nSPS) is 21.7. The smallest absolute Gasteiger partial charge is 0.121 e. The first-order chi connectivity index (χ1) is 9.75. The van der Waals surface area contributed by atoms with E-state index in [0.29, 0.717) is 6.04 Å². The standard InChI is InChI=1S/C17H28N2O.2ClH/c1-13-12-16(20-14(13)2)17(15-6-4-3-5-7-15)19-10-8-18-9-11-19;;/h12,15,17-18H,3-11H2,1-2H3;2*1H/t17-;;/m1../s1. The van der Waals surface area contributed by atoms with Crippen molar-refractivity contribution < 1.29 is 4.42 Å². The summed E-state index contributed by atoms with van der Waals surface area (Å²) in [5.41, 5.74) is 1.30. The van der Waals surface area contributed by atoms with Gasteiger partial charge in [-0.05, 0) is 44.2 Å². The Hall–Kier alpha value is -0.220. The van der Waals surface area contributed by atoms with Gasteiger partial charge in [0.1, 0.15) is 11.5 Å². The number of halogens is 2. The topological polar surface area (TPSA) is 28.4 Å². The van der Waals surface area contributed by atoms with Gasteiger partial charge in [-0.1, -0.05) is 19.3 Å². The molecule has 1 aromatic rings. The Bertz CT molecular complexity index is 400. The SMILES string of the molecule is Cc1cc([C@@H](C2CCCCC2)N2CCNCC2)oc1C.Cl.Cl. The average Bonchev–Trinajstić information content (AvgIpc) is 2.81. The molecule has 1 saturated heterocycles. The van der Waals surface area contributed by atoms with Crippen molar-refractivity contribution in [3.63, 3.8) is 0 Å². The number of aryl methyl sites for hydroxylation is 2. The van der Waals surface area contributed by atoms with Gasteiger partial charge in [-0.2, -0.15) is 0 Å². The molecule has 1 N–H and O–H groups in total. The van der Waals surface area contributed by atoms with Crippen LogP contribution < -0.4 is 5.32 Å². The lowest BCUT2D eigenvalue weighted by molar-refractivity contribution is 0.0864. The van der Waals surface area contributed by atoms with E-state index >= 15 is 0 Å². The zero-order valence-electron chi connectivity index (χ0n) is 13.8. The predicted octanol–water partition coefficient (Wildman–Crippen LogP) is 4.27. The molecule has 0 radical (unpaired) electrons. The molecule has 1 aromatic heterocycles. The molecule has 1 saturated carbocycles. The van der Waals surface area contributed by atoms with E-state index in [-0.39, 0.29) is 24.8 Å². The summed E-state index contributed by atoms with van der Waals surface area (Å²) in [7, 11) is 0. The fourth-order valence-electron chi connectivity index (χ4n) is 3.87. The summed E-state index contributed by atoms with van der Waals surface area (Å²) in [6.45, 7) is 8.79. The third-order valence-corrected chi connectivity index (χ3v) is 5.12. The Morgan fingerprint density at radius 3 is 2.27 bits per heavy atom. The van der Waals surface area contributed by atoms with Crippen LogP contribution in [-0.4, -0.2) is 31.1 Å². The summed E-state index contributed by atoms with van der Waals surface area (Å²) >= 11 is 0. The zero-order chi connectivity index (χ0) is 13.9. The second-order valence-electron chi connectivity index (χ2n) is 6.52. The number of furan rings is 1. The fraction of sp³-hybridized carbons (Fsp3) is 0.765. The number of nitrogens with zero attached hydrogens (tertiary/aromatic N) is 1. The molecule has 1 aliphatic carbocycles. The van der Waals surface area contributed by atoms with E-state index in [1.54, 1.807) is 0 Å². The van der Waals surface area contributed by atoms with Crippen LogP contribution in [0.2, 0.25) is 0 Å². The van der Waals surface area contributed by atoms with Crippen LogP contribution in [0.3, 0.4) is 0 Å². The van der Waals surface area contributed by atoms with Gasteiger partial charge >= 0.3 is 0 Å². The zero-order valence-corrected chi connectivity index (χ0v) is 15.4. The molecule has 2 aliphatic rings. The molecule has 5 heteroatoms. The minimum Gasteiger partial charge on any atom is -0.464 e. The molecular weight excluding hydrogens is 319 g/mol. The van der Waals surface area contributed by atoms with Crippen LogP contribution >= 0.6 is 24.8 Å². The highest BCUT2D eigenvalue weighted by Gasteiger charge is 2.33. The van der Waals surface area contributed by atoms with Crippen LogP contribution in [0, 0.1) is 19.8 Å². The third kappa shape index (κ3) is 4.41. The van der Waals surface area contributed by atoms with Gasteiger partial charge in [0, 0.05) is 26.2 Å². The van der Waals surface area contributed by atoms with Crippen molar-refractivity contribution >= 4 is 24.8 Å². The van der Waals surface area contributed by atoms with E-state index in [4.69, 9.17) is 4.42 Å². The summed E-state index contributed by atoms with van der Waals surface area (Å²) in [6, 6.07) is 2.79. The Balaban J connectivity index is 0.00000121. The highest BCUT2D eigenvalue weighted by Crippen LogP contribution is 2.39. The number of piperazine rings is 1. The molecule has 0 spiro atoms. The van der Waals surface area contributed by atoms with Crippen LogP contribution in [-0.2, 0) is 0 Å². The largest absolute Gasteiger partial charge is 0.464 e. The molecular formula is C17H30Cl2N2O. The highest BCUT2D eigenvalue weighted by atomic mass is 35.5. The van der Waals surface area contributed by atoms with E-state index in [1.807, 2.05) is 0 Å². The molecule has 1 atom stereocenters. The summed E-state index contributed by atoms with van der Waals surface area (Å²) in [6.07, 6.45) is 6.94. The molecule has 128 valence electrons. The predicted molar refractivity (Wildman–Crippen MR) is 96.4 cm³/mol. The number of nitrogens with one attached hydrogen (secondary N) is 1. The maximum absolute atomic E-state index is 6.12. The van der Waals surface area contributed by atoms with E-state index in [2.05, 4.69) is 30.1 Å². The Morgan fingerprint density at radius 1 is 1.09 bits per heavy atom. The minimum absolute atomic E-state index is 0. The summed E-state index contributed by atoms with van der Waals surface area (Å²) in [5, 5.41) is 3.47. The first-order valence-corrected chi connectivity index (χ1v) is 8.27. The molecule has 0 unspecified atom stereocenters. The van der Waals surface area contributed by atoms with Gasteiger partial charge in [0.25, 0.3) is 0 Å². The van der Waals surface area contributed by atoms with Crippen molar-refractivity contribution in [3.05, 3.63) is 23.2 Å². The van der Waals surface area contributed by atoms with Gasteiger partial charge in [0.15, 0.2) is 0 Å². The minimum atomic E-state index is 0. The molecule has 2 heterocycles. The van der Waals surface area contributed by atoms with Gasteiger partial charge in [0.05, 0.1) is 6.04 Å². The lowest BCUT2D eigenvalue weighted by Gasteiger charge is -2.39. The highest BCUT2D eigenvalue weighted by molar-refractivity contribution is 5.85. The molecule has 0 amide bonds. The maximum atomic E-state index is 6.12. The van der Waals surface area contributed by atoms with Crippen molar-refractivity contribution in [1.29, 1.82) is 0 Å². The summed E-state index contributed by atoms with van der Waals surface area (Å²) < 4.78 is 6.12. The Labute approximate surface area is 147 Å². The van der Waals surface area contributed by atoms with Gasteiger partial charge in [-0.3, -0.25) is 4.90 Å². The Kier molecular flexibility index (Phi) is 8.26. The van der Waals surface area contributed by atoms with Crippen molar-refractivity contribution in [2.75, 3.05) is 26.2 Å². The van der Waals surface area contributed by atoms with Crippen molar-refractivity contribution in [2.24, 2.45) is 5.92 Å². The molecule has 1 aliphatic heterocycles. The van der Waals surface area contributed by atoms with Gasteiger partial charge in [-0.25, -0.2) is 0 Å². The quantitative estimate of drug-likeness (QED) is 0.884. The number of hydrogen-bond donors (Lipinski definition) is 1. The van der Waals surface area contributed by atoms with E-state index in [9.17, 15) is 0 Å². The van der Waals surface area contributed by atoms with Crippen molar-refractivity contribution in [3.8, 4) is 0 Å². The first-order valence-electron chi connectivity index (χ1n) is 8.27. The van der Waals surface area contributed by atoms with Crippen molar-refractivity contribution in [1.82, 2.24) is 10.2 Å². The molecule has 0 bridgehead atoms. The maximum Gasteiger partial charge on any atom is 0.121 e. The molecule has 2 fully saturated rings. The van der Waals surface area contributed by atoms with Gasteiger partial charge < -0.3 is 9.73 Å². The second kappa shape index (κ2) is 9.17. The molecule has 0 aromatic carbocycles. The fourth-order valence-corrected chi connectivity index (χ4v) is 3.87. The number of hydrogen-bond acceptors (Lipinski definition) is 3. The summed E-state index contributed by atoms with van der Waals surface area (Å²) in [5.74, 6) is 3.09. The average molecular weight is 349 g/mol. The molecule has 22 heavy (non-hydrogen) atoms. The first kappa shape index (κ1) is 19.8. The van der Waals surface area contributed by atoms with Crippen LogP contribution in [0.15, 0.2) is 10.5 Å². The Morgan fingerprint density at radius 2 is 1.73 bits per heavy atom. The van der Waals surface area contributed by atoms with E-state index in [0.717, 1.165) is 37.9 Å². The molecule has 3 nitrogen and oxygen atoms in total. The van der Waals surface area contributed by atoms with Crippen molar-refractivity contribution in [2.45, 2.75) is 52.0 Å². The van der Waals surface area contributed by atoms with E-state index < -0.39 is 0 Å². The lowest BCUT2D eigenvalue weighted by Crippen LogP contribution is -2.47. The van der Waals surface area contributed by atoms with Crippen LogP contribution in [0.25, 0.3) is 0 Å². The van der Waals surface area contributed by atoms with Crippen LogP contribution in [0.1, 0.15) is 55.2 Å². The molecule has 3 rings (SSSR count). The van der Waals surface area contributed by atoms with E-state index in [1.165, 1.54) is 43.4 Å². The van der Waals surface area contributed by atoms with Crippen LogP contribution in [0.5, 0.6) is 0 Å². The van der Waals surface area contributed by atoms with Gasteiger partial charge in [0.2, 0.25) is 0 Å². The van der Waals surface area contributed by atoms with Gasteiger partial charge in [-0.15, -0.1) is 24.8 Å². The monoisotopic (exact) mass is 348 g/mol. The van der Waals surface area contributed by atoms with Crippen LogP contribution in [0.4, 0.5) is 0 Å².